The minimum atomic E-state index is -0.801. The van der Waals surface area contributed by atoms with Crippen molar-refractivity contribution < 1.29 is 14.7 Å². The Hall–Kier alpha value is -1.14. The van der Waals surface area contributed by atoms with Crippen LogP contribution in [0.2, 0.25) is 0 Å². The smallest absolute Gasteiger partial charge is 0.317 e. The van der Waals surface area contributed by atoms with Crippen LogP contribution >= 0.6 is 0 Å². The lowest BCUT2D eigenvalue weighted by Crippen LogP contribution is -2.56. The summed E-state index contributed by atoms with van der Waals surface area (Å²) in [6.45, 7) is 5.77. The highest BCUT2D eigenvalue weighted by molar-refractivity contribution is 5.82. The van der Waals surface area contributed by atoms with E-state index in [0.29, 0.717) is 32.1 Å². The van der Waals surface area contributed by atoms with Gasteiger partial charge in [0.05, 0.1) is 12.6 Å². The third-order valence-corrected chi connectivity index (χ3v) is 4.43. The van der Waals surface area contributed by atoms with E-state index in [2.05, 4.69) is 12.2 Å². The Morgan fingerprint density at radius 3 is 2.55 bits per heavy atom. The molecular weight excluding hydrogens is 258 g/mol. The highest BCUT2D eigenvalue weighted by Crippen LogP contribution is 2.20. The molecule has 2 fully saturated rings. The summed E-state index contributed by atoms with van der Waals surface area (Å²) in [5.41, 5.74) is 0. The average molecular weight is 283 g/mol. The number of piperidine rings is 1. The molecule has 2 rings (SSSR count). The normalized spacial score (nSPS) is 28.4. The van der Waals surface area contributed by atoms with Gasteiger partial charge in [-0.3, -0.25) is 14.5 Å². The Bertz CT molecular complexity index is 354. The van der Waals surface area contributed by atoms with Crippen LogP contribution in [-0.4, -0.2) is 72.1 Å². The first-order valence-electron chi connectivity index (χ1n) is 7.56. The Morgan fingerprint density at radius 2 is 1.95 bits per heavy atom. The summed E-state index contributed by atoms with van der Waals surface area (Å²) in [4.78, 5) is 26.9. The summed E-state index contributed by atoms with van der Waals surface area (Å²) >= 11 is 0. The SMILES string of the molecule is CCC1CCNC(C(=O)N2CCN(CC(=O)O)CC2)C1. The molecule has 2 aliphatic rings. The van der Waals surface area contributed by atoms with Crippen molar-refractivity contribution in [2.75, 3.05) is 39.3 Å². The third-order valence-electron chi connectivity index (χ3n) is 4.43. The number of hydrogen-bond donors (Lipinski definition) is 2. The van der Waals surface area contributed by atoms with Crippen molar-refractivity contribution >= 4 is 11.9 Å². The highest BCUT2D eigenvalue weighted by atomic mass is 16.4. The van der Waals surface area contributed by atoms with Crippen molar-refractivity contribution in [3.63, 3.8) is 0 Å². The van der Waals surface area contributed by atoms with Crippen LogP contribution in [0.4, 0.5) is 0 Å². The van der Waals surface area contributed by atoms with Crippen LogP contribution in [0.3, 0.4) is 0 Å². The fraction of sp³-hybridized carbons (Fsp3) is 0.857. The fourth-order valence-electron chi connectivity index (χ4n) is 3.09. The van der Waals surface area contributed by atoms with Crippen molar-refractivity contribution in [1.29, 1.82) is 0 Å². The minimum Gasteiger partial charge on any atom is -0.480 e. The standard InChI is InChI=1S/C14H25N3O3/c1-2-11-3-4-15-12(9-11)14(20)17-7-5-16(6-8-17)10-13(18)19/h11-12,15H,2-10H2,1H3,(H,18,19). The molecule has 0 saturated carbocycles. The highest BCUT2D eigenvalue weighted by Gasteiger charge is 2.31. The van der Waals surface area contributed by atoms with Gasteiger partial charge in [0.15, 0.2) is 0 Å². The molecule has 1 amide bonds. The average Bonchev–Trinajstić information content (AvgIpc) is 2.47. The fourth-order valence-corrected chi connectivity index (χ4v) is 3.09. The molecule has 0 radical (unpaired) electrons. The molecule has 0 aromatic heterocycles. The van der Waals surface area contributed by atoms with E-state index in [-0.39, 0.29) is 18.5 Å². The largest absolute Gasteiger partial charge is 0.480 e. The lowest BCUT2D eigenvalue weighted by molar-refractivity contribution is -0.140. The summed E-state index contributed by atoms with van der Waals surface area (Å²) in [6, 6.07) is -0.0419. The Labute approximate surface area is 120 Å². The van der Waals surface area contributed by atoms with Crippen LogP contribution in [0.25, 0.3) is 0 Å². The molecule has 20 heavy (non-hydrogen) atoms. The van der Waals surface area contributed by atoms with E-state index in [1.54, 1.807) is 0 Å². The topological polar surface area (TPSA) is 72.9 Å². The van der Waals surface area contributed by atoms with Crippen molar-refractivity contribution in [2.45, 2.75) is 32.2 Å². The van der Waals surface area contributed by atoms with Gasteiger partial charge < -0.3 is 15.3 Å². The Kier molecular flexibility index (Phi) is 5.37. The maximum absolute atomic E-state index is 12.5. The van der Waals surface area contributed by atoms with Crippen molar-refractivity contribution in [3.05, 3.63) is 0 Å². The summed E-state index contributed by atoms with van der Waals surface area (Å²) in [5.74, 6) is 0.0427. The summed E-state index contributed by atoms with van der Waals surface area (Å²) in [7, 11) is 0. The van der Waals surface area contributed by atoms with Gasteiger partial charge in [-0.25, -0.2) is 0 Å². The summed E-state index contributed by atoms with van der Waals surface area (Å²) in [5, 5.41) is 12.1. The molecule has 2 aliphatic heterocycles. The summed E-state index contributed by atoms with van der Waals surface area (Å²) in [6.07, 6.45) is 3.23. The van der Waals surface area contributed by atoms with Crippen LogP contribution in [0.5, 0.6) is 0 Å². The van der Waals surface area contributed by atoms with Crippen molar-refractivity contribution in [2.24, 2.45) is 5.92 Å². The second kappa shape index (κ2) is 7.04. The van der Waals surface area contributed by atoms with E-state index in [9.17, 15) is 9.59 Å². The second-order valence-corrected chi connectivity index (χ2v) is 5.80. The van der Waals surface area contributed by atoms with Gasteiger partial charge in [-0.1, -0.05) is 13.3 Å². The summed E-state index contributed by atoms with van der Waals surface area (Å²) < 4.78 is 0. The number of hydrogen-bond acceptors (Lipinski definition) is 4. The molecule has 0 aromatic rings. The van der Waals surface area contributed by atoms with E-state index in [1.165, 1.54) is 0 Å². The zero-order valence-corrected chi connectivity index (χ0v) is 12.2. The third kappa shape index (κ3) is 3.93. The second-order valence-electron chi connectivity index (χ2n) is 5.80. The van der Waals surface area contributed by atoms with Gasteiger partial charge in [-0.15, -0.1) is 0 Å². The predicted octanol–water partition coefficient (Wildman–Crippen LogP) is -0.00660. The van der Waals surface area contributed by atoms with Crippen LogP contribution in [0.15, 0.2) is 0 Å². The number of carboxylic acid groups (broad SMARTS) is 1. The molecule has 2 N–H and O–H groups in total. The van der Waals surface area contributed by atoms with Crippen LogP contribution in [0.1, 0.15) is 26.2 Å². The number of carbonyl (C=O) groups is 2. The number of nitrogens with one attached hydrogen (secondary N) is 1. The van der Waals surface area contributed by atoms with Gasteiger partial charge >= 0.3 is 5.97 Å². The molecule has 2 heterocycles. The number of carboxylic acids is 1. The minimum absolute atomic E-state index is 0.0419. The van der Waals surface area contributed by atoms with Gasteiger partial charge in [-0.2, -0.15) is 0 Å². The number of aliphatic carboxylic acids is 1. The number of carbonyl (C=O) groups excluding carboxylic acids is 1. The first-order chi connectivity index (χ1) is 9.60. The van der Waals surface area contributed by atoms with E-state index < -0.39 is 5.97 Å². The molecular formula is C14H25N3O3. The molecule has 0 spiro atoms. The van der Waals surface area contributed by atoms with Gasteiger partial charge in [0.25, 0.3) is 0 Å². The molecule has 0 aromatic carbocycles. The number of rotatable bonds is 4. The van der Waals surface area contributed by atoms with Crippen molar-refractivity contribution in [1.82, 2.24) is 15.1 Å². The first kappa shape index (κ1) is 15.3. The van der Waals surface area contributed by atoms with Gasteiger partial charge in [0.2, 0.25) is 5.91 Å². The number of nitrogens with zero attached hydrogens (tertiary/aromatic N) is 2. The van der Waals surface area contributed by atoms with Gasteiger partial charge in [0, 0.05) is 26.2 Å². The van der Waals surface area contributed by atoms with E-state index in [0.717, 1.165) is 25.8 Å². The van der Waals surface area contributed by atoms with Crippen molar-refractivity contribution in [3.8, 4) is 0 Å². The lowest BCUT2D eigenvalue weighted by Gasteiger charge is -2.37. The van der Waals surface area contributed by atoms with Gasteiger partial charge in [-0.05, 0) is 25.3 Å². The van der Waals surface area contributed by atoms with E-state index >= 15 is 0 Å². The molecule has 2 unspecified atom stereocenters. The predicted molar refractivity (Wildman–Crippen MR) is 75.5 cm³/mol. The van der Waals surface area contributed by atoms with E-state index in [4.69, 9.17) is 5.11 Å². The van der Waals surface area contributed by atoms with Crippen LogP contribution in [0, 0.1) is 5.92 Å². The lowest BCUT2D eigenvalue weighted by atomic mass is 9.90. The van der Waals surface area contributed by atoms with Gasteiger partial charge in [0.1, 0.15) is 0 Å². The Balaban J connectivity index is 1.80. The molecule has 0 aliphatic carbocycles. The maximum atomic E-state index is 12.5. The molecule has 114 valence electrons. The van der Waals surface area contributed by atoms with E-state index in [1.807, 2.05) is 9.80 Å². The molecule has 2 saturated heterocycles. The quantitative estimate of drug-likeness (QED) is 0.759. The molecule has 6 nitrogen and oxygen atoms in total. The van der Waals surface area contributed by atoms with Crippen LogP contribution < -0.4 is 5.32 Å². The molecule has 2 atom stereocenters. The maximum Gasteiger partial charge on any atom is 0.317 e. The number of piperazine rings is 1. The monoisotopic (exact) mass is 283 g/mol. The first-order valence-corrected chi connectivity index (χ1v) is 7.56. The number of amides is 1. The zero-order chi connectivity index (χ0) is 14.5. The Morgan fingerprint density at radius 1 is 1.25 bits per heavy atom. The molecule has 6 heteroatoms. The van der Waals surface area contributed by atoms with Crippen LogP contribution in [-0.2, 0) is 9.59 Å². The molecule has 0 bridgehead atoms. The zero-order valence-electron chi connectivity index (χ0n) is 12.2.